The number of benzene rings is 1. The van der Waals surface area contributed by atoms with Gasteiger partial charge in [-0.05, 0) is 31.4 Å². The fourth-order valence-electron chi connectivity index (χ4n) is 2.23. The Labute approximate surface area is 123 Å². The standard InChI is InChI=1S/C15H21NO5/c1-3-4-11(15(17)18)21-12-7-14-13(19-8-20-14)6-10(12)5-9(2)16/h6-7,9,11H,3-5,8,16H2,1-2H3,(H,17,18). The summed E-state index contributed by atoms with van der Waals surface area (Å²) in [6.45, 7) is 3.96. The average molecular weight is 295 g/mol. The molecule has 2 rings (SSSR count). The first kappa shape index (κ1) is 15.4. The lowest BCUT2D eigenvalue weighted by atomic mass is 10.1. The second-order valence-electron chi connectivity index (χ2n) is 5.23. The molecule has 6 nitrogen and oxygen atoms in total. The normalized spacial score (nSPS) is 15.6. The quantitative estimate of drug-likeness (QED) is 0.798. The Bertz CT molecular complexity index is 515. The van der Waals surface area contributed by atoms with E-state index in [0.29, 0.717) is 30.1 Å². The molecule has 2 unspecified atom stereocenters. The van der Waals surface area contributed by atoms with Gasteiger partial charge in [0, 0.05) is 12.1 Å². The van der Waals surface area contributed by atoms with Gasteiger partial charge in [0.1, 0.15) is 5.75 Å². The van der Waals surface area contributed by atoms with Crippen molar-refractivity contribution in [2.24, 2.45) is 5.73 Å². The summed E-state index contributed by atoms with van der Waals surface area (Å²) in [7, 11) is 0. The van der Waals surface area contributed by atoms with Crippen LogP contribution < -0.4 is 19.9 Å². The SMILES string of the molecule is CCCC(Oc1cc2c(cc1CC(C)N)OCO2)C(=O)O. The first-order chi connectivity index (χ1) is 10.0. The molecule has 21 heavy (non-hydrogen) atoms. The van der Waals surface area contributed by atoms with Crippen LogP contribution in [0.3, 0.4) is 0 Å². The van der Waals surface area contributed by atoms with Crippen LogP contribution in [-0.4, -0.2) is 30.0 Å². The van der Waals surface area contributed by atoms with Crippen molar-refractivity contribution < 1.29 is 24.1 Å². The lowest BCUT2D eigenvalue weighted by Crippen LogP contribution is -2.27. The Kier molecular flexibility index (Phi) is 4.90. The molecule has 1 aliphatic heterocycles. The Morgan fingerprint density at radius 1 is 1.43 bits per heavy atom. The number of ether oxygens (including phenoxy) is 3. The first-order valence-electron chi connectivity index (χ1n) is 7.08. The van der Waals surface area contributed by atoms with E-state index < -0.39 is 12.1 Å². The molecule has 116 valence electrons. The van der Waals surface area contributed by atoms with Crippen molar-refractivity contribution in [3.63, 3.8) is 0 Å². The topological polar surface area (TPSA) is 91.0 Å². The molecule has 2 atom stereocenters. The molecule has 6 heteroatoms. The van der Waals surface area contributed by atoms with Gasteiger partial charge >= 0.3 is 5.97 Å². The van der Waals surface area contributed by atoms with E-state index in [9.17, 15) is 9.90 Å². The predicted molar refractivity (Wildman–Crippen MR) is 76.9 cm³/mol. The van der Waals surface area contributed by atoms with Gasteiger partial charge in [-0.3, -0.25) is 0 Å². The molecule has 0 aliphatic carbocycles. The third-order valence-electron chi connectivity index (χ3n) is 3.19. The number of aliphatic carboxylic acids is 1. The molecule has 1 aromatic carbocycles. The van der Waals surface area contributed by atoms with Crippen LogP contribution in [0.1, 0.15) is 32.3 Å². The monoisotopic (exact) mass is 295 g/mol. The number of carbonyl (C=O) groups is 1. The number of carboxylic acid groups (broad SMARTS) is 1. The predicted octanol–water partition coefficient (Wildman–Crippen LogP) is 1.94. The van der Waals surface area contributed by atoms with Gasteiger partial charge in [-0.15, -0.1) is 0 Å². The van der Waals surface area contributed by atoms with Crippen LogP contribution in [0.4, 0.5) is 0 Å². The maximum absolute atomic E-state index is 11.3. The maximum Gasteiger partial charge on any atom is 0.344 e. The van der Waals surface area contributed by atoms with E-state index in [-0.39, 0.29) is 12.8 Å². The van der Waals surface area contributed by atoms with Crippen LogP contribution in [0.5, 0.6) is 17.2 Å². The average Bonchev–Trinajstić information content (AvgIpc) is 2.84. The Hall–Kier alpha value is -1.95. The van der Waals surface area contributed by atoms with E-state index in [2.05, 4.69) is 0 Å². The molecule has 0 bridgehead atoms. The summed E-state index contributed by atoms with van der Waals surface area (Å²) in [5.41, 5.74) is 6.67. The highest BCUT2D eigenvalue weighted by Gasteiger charge is 2.23. The van der Waals surface area contributed by atoms with Gasteiger partial charge in [-0.1, -0.05) is 13.3 Å². The lowest BCUT2D eigenvalue weighted by molar-refractivity contribution is -0.145. The summed E-state index contributed by atoms with van der Waals surface area (Å²) in [6, 6.07) is 3.43. The Morgan fingerprint density at radius 2 is 2.10 bits per heavy atom. The number of nitrogens with two attached hydrogens (primary N) is 1. The number of hydrogen-bond donors (Lipinski definition) is 2. The molecular formula is C15H21NO5. The van der Waals surface area contributed by atoms with Gasteiger partial charge in [-0.2, -0.15) is 0 Å². The van der Waals surface area contributed by atoms with Crippen molar-refractivity contribution in [2.75, 3.05) is 6.79 Å². The molecule has 1 aliphatic rings. The highest BCUT2D eigenvalue weighted by atomic mass is 16.7. The van der Waals surface area contributed by atoms with Gasteiger partial charge in [-0.25, -0.2) is 4.79 Å². The summed E-state index contributed by atoms with van der Waals surface area (Å²) < 4.78 is 16.3. The van der Waals surface area contributed by atoms with E-state index in [1.807, 2.05) is 19.9 Å². The molecule has 0 radical (unpaired) electrons. The summed E-state index contributed by atoms with van der Waals surface area (Å²) in [5, 5.41) is 9.23. The summed E-state index contributed by atoms with van der Waals surface area (Å²) >= 11 is 0. The first-order valence-corrected chi connectivity index (χ1v) is 7.08. The van der Waals surface area contributed by atoms with Crippen LogP contribution in [0.2, 0.25) is 0 Å². The Morgan fingerprint density at radius 3 is 2.67 bits per heavy atom. The molecule has 0 saturated heterocycles. The van der Waals surface area contributed by atoms with Crippen molar-refractivity contribution in [3.05, 3.63) is 17.7 Å². The third kappa shape index (κ3) is 3.78. The highest BCUT2D eigenvalue weighted by molar-refractivity contribution is 5.73. The van der Waals surface area contributed by atoms with Gasteiger partial charge in [0.15, 0.2) is 17.6 Å². The Balaban J connectivity index is 2.29. The highest BCUT2D eigenvalue weighted by Crippen LogP contribution is 2.39. The van der Waals surface area contributed by atoms with E-state index in [4.69, 9.17) is 19.9 Å². The number of hydrogen-bond acceptors (Lipinski definition) is 5. The molecule has 0 spiro atoms. The minimum atomic E-state index is -0.971. The van der Waals surface area contributed by atoms with E-state index in [0.717, 1.165) is 12.0 Å². The van der Waals surface area contributed by atoms with Gasteiger partial charge in [0.25, 0.3) is 0 Å². The van der Waals surface area contributed by atoms with Gasteiger partial charge in [0.05, 0.1) is 0 Å². The van der Waals surface area contributed by atoms with Gasteiger partial charge in [0.2, 0.25) is 6.79 Å². The maximum atomic E-state index is 11.3. The van der Waals surface area contributed by atoms with Crippen LogP contribution in [0, 0.1) is 0 Å². The molecule has 0 saturated carbocycles. The van der Waals surface area contributed by atoms with Crippen molar-refractivity contribution in [1.29, 1.82) is 0 Å². The largest absolute Gasteiger partial charge is 0.479 e. The fourth-order valence-corrected chi connectivity index (χ4v) is 2.23. The van der Waals surface area contributed by atoms with Crippen molar-refractivity contribution >= 4 is 5.97 Å². The molecular weight excluding hydrogens is 274 g/mol. The molecule has 1 heterocycles. The number of carboxylic acids is 1. The zero-order chi connectivity index (χ0) is 15.4. The second-order valence-corrected chi connectivity index (χ2v) is 5.23. The molecule has 0 amide bonds. The smallest absolute Gasteiger partial charge is 0.344 e. The molecule has 0 fully saturated rings. The van der Waals surface area contributed by atoms with Crippen molar-refractivity contribution in [1.82, 2.24) is 0 Å². The van der Waals surface area contributed by atoms with Crippen LogP contribution in [0.25, 0.3) is 0 Å². The minimum Gasteiger partial charge on any atom is -0.479 e. The summed E-state index contributed by atoms with van der Waals surface area (Å²) in [6.07, 6.45) is 0.873. The third-order valence-corrected chi connectivity index (χ3v) is 3.19. The van der Waals surface area contributed by atoms with Crippen LogP contribution >= 0.6 is 0 Å². The lowest BCUT2D eigenvalue weighted by Gasteiger charge is -2.18. The minimum absolute atomic E-state index is 0.0674. The zero-order valence-electron chi connectivity index (χ0n) is 12.3. The van der Waals surface area contributed by atoms with E-state index >= 15 is 0 Å². The molecule has 3 N–H and O–H groups in total. The summed E-state index contributed by atoms with van der Waals surface area (Å²) in [4.78, 5) is 11.3. The zero-order valence-corrected chi connectivity index (χ0v) is 12.3. The number of rotatable bonds is 7. The summed E-state index contributed by atoms with van der Waals surface area (Å²) in [5.74, 6) is 0.734. The second kappa shape index (κ2) is 6.67. The van der Waals surface area contributed by atoms with Crippen molar-refractivity contribution in [2.45, 2.75) is 45.3 Å². The molecule has 1 aromatic rings. The van der Waals surface area contributed by atoms with E-state index in [1.165, 1.54) is 0 Å². The fraction of sp³-hybridized carbons (Fsp3) is 0.533. The van der Waals surface area contributed by atoms with Crippen LogP contribution in [-0.2, 0) is 11.2 Å². The van der Waals surface area contributed by atoms with Gasteiger partial charge < -0.3 is 25.1 Å². The van der Waals surface area contributed by atoms with Crippen molar-refractivity contribution in [3.8, 4) is 17.2 Å². The number of fused-ring (bicyclic) bond motifs is 1. The van der Waals surface area contributed by atoms with E-state index in [1.54, 1.807) is 6.07 Å². The molecule has 0 aromatic heterocycles. The van der Waals surface area contributed by atoms with Crippen LogP contribution in [0.15, 0.2) is 12.1 Å².